The fourth-order valence-corrected chi connectivity index (χ4v) is 1.98. The van der Waals surface area contributed by atoms with Crippen molar-refractivity contribution in [3.8, 4) is 0 Å². The first-order valence-electron chi connectivity index (χ1n) is 5.53. The first-order valence-corrected chi connectivity index (χ1v) is 5.53. The van der Waals surface area contributed by atoms with Crippen LogP contribution < -0.4 is 5.32 Å². The molecule has 88 valence electrons. The van der Waals surface area contributed by atoms with Gasteiger partial charge >= 0.3 is 0 Å². The van der Waals surface area contributed by atoms with Gasteiger partial charge in [0.25, 0.3) is 0 Å². The highest BCUT2D eigenvalue weighted by molar-refractivity contribution is 5.76. The molecule has 0 saturated carbocycles. The average molecular weight is 214 g/mol. The summed E-state index contributed by atoms with van der Waals surface area (Å²) in [4.78, 5) is 13.8. The summed E-state index contributed by atoms with van der Waals surface area (Å²) in [6.45, 7) is 5.87. The van der Waals surface area contributed by atoms with Gasteiger partial charge in [-0.25, -0.2) is 0 Å². The number of carbonyl (C=O) groups excluding carboxylic acids is 1. The minimum absolute atomic E-state index is 0.131. The van der Waals surface area contributed by atoms with Crippen molar-refractivity contribution in [3.63, 3.8) is 0 Å². The fraction of sp³-hybridized carbons (Fsp3) is 0.909. The molecule has 1 fully saturated rings. The molecule has 2 atom stereocenters. The van der Waals surface area contributed by atoms with Crippen molar-refractivity contribution in [2.45, 2.75) is 32.4 Å². The van der Waals surface area contributed by atoms with E-state index in [-0.39, 0.29) is 18.1 Å². The minimum Gasteiger partial charge on any atom is -0.378 e. The molecule has 1 aliphatic heterocycles. The van der Waals surface area contributed by atoms with E-state index in [9.17, 15) is 4.79 Å². The van der Waals surface area contributed by atoms with Gasteiger partial charge in [0, 0.05) is 26.6 Å². The molecule has 1 heterocycles. The van der Waals surface area contributed by atoms with Gasteiger partial charge in [-0.2, -0.15) is 0 Å². The van der Waals surface area contributed by atoms with Crippen LogP contribution in [0.5, 0.6) is 0 Å². The fourth-order valence-electron chi connectivity index (χ4n) is 1.98. The van der Waals surface area contributed by atoms with Crippen LogP contribution in [0.1, 0.15) is 20.3 Å². The number of carbonyl (C=O) groups is 1. The summed E-state index contributed by atoms with van der Waals surface area (Å²) >= 11 is 0. The molecule has 0 aromatic rings. The van der Waals surface area contributed by atoms with Gasteiger partial charge in [0.15, 0.2) is 0 Å². The van der Waals surface area contributed by atoms with Crippen molar-refractivity contribution < 1.29 is 9.53 Å². The Morgan fingerprint density at radius 3 is 2.73 bits per heavy atom. The van der Waals surface area contributed by atoms with Crippen LogP contribution in [0.25, 0.3) is 0 Å². The molecule has 1 aliphatic rings. The monoisotopic (exact) mass is 214 g/mol. The van der Waals surface area contributed by atoms with Gasteiger partial charge in [-0.1, -0.05) is 13.8 Å². The maximum Gasteiger partial charge on any atom is 0.220 e. The van der Waals surface area contributed by atoms with Gasteiger partial charge in [0.2, 0.25) is 5.91 Å². The maximum atomic E-state index is 11.6. The number of rotatable bonds is 4. The van der Waals surface area contributed by atoms with Gasteiger partial charge < -0.3 is 15.0 Å². The Hall–Kier alpha value is -0.610. The third kappa shape index (κ3) is 3.80. The zero-order chi connectivity index (χ0) is 11.4. The molecular weight excluding hydrogens is 192 g/mol. The summed E-state index contributed by atoms with van der Waals surface area (Å²) in [5.41, 5.74) is 0. The number of likely N-dealkylation sites (tertiary alicyclic amines) is 1. The molecule has 0 aliphatic carbocycles. The number of amides is 1. The maximum absolute atomic E-state index is 11.6. The van der Waals surface area contributed by atoms with Crippen LogP contribution in [0.15, 0.2) is 0 Å². The van der Waals surface area contributed by atoms with Gasteiger partial charge in [-0.3, -0.25) is 4.79 Å². The van der Waals surface area contributed by atoms with Crippen molar-refractivity contribution in [1.82, 2.24) is 10.2 Å². The van der Waals surface area contributed by atoms with Crippen molar-refractivity contribution >= 4 is 5.91 Å². The lowest BCUT2D eigenvalue weighted by Crippen LogP contribution is -2.43. The van der Waals surface area contributed by atoms with Crippen LogP contribution in [0, 0.1) is 5.92 Å². The summed E-state index contributed by atoms with van der Waals surface area (Å²) in [7, 11) is 3.74. The molecule has 4 nitrogen and oxygen atoms in total. The predicted molar refractivity (Wildman–Crippen MR) is 59.7 cm³/mol. The van der Waals surface area contributed by atoms with Gasteiger partial charge in [0.1, 0.15) is 0 Å². The lowest BCUT2D eigenvalue weighted by molar-refractivity contribution is -0.123. The molecule has 0 aromatic heterocycles. The number of ether oxygens (including phenoxy) is 1. The number of hydrogen-bond acceptors (Lipinski definition) is 3. The molecule has 0 spiro atoms. The Morgan fingerprint density at radius 1 is 1.53 bits per heavy atom. The van der Waals surface area contributed by atoms with Crippen LogP contribution in [-0.2, 0) is 9.53 Å². The average Bonchev–Trinajstić information content (AvgIpc) is 2.44. The second-order valence-electron chi connectivity index (χ2n) is 4.77. The Balaban J connectivity index is 2.40. The van der Waals surface area contributed by atoms with E-state index in [1.54, 1.807) is 7.11 Å². The molecule has 1 N–H and O–H groups in total. The third-order valence-corrected chi connectivity index (χ3v) is 2.69. The first-order chi connectivity index (χ1) is 7.02. The number of likely N-dealkylation sites (N-methyl/N-ethyl adjacent to an activating group) is 1. The standard InChI is InChI=1S/C11H22N2O2/c1-8(2)5-11(14)12-9-6-13(3)7-10(9)15-4/h8-10H,5-7H2,1-4H3,(H,12,14). The van der Waals surface area contributed by atoms with E-state index in [1.807, 2.05) is 20.9 Å². The number of hydrogen-bond donors (Lipinski definition) is 1. The Bertz CT molecular complexity index is 219. The van der Waals surface area contributed by atoms with Crippen LogP contribution >= 0.6 is 0 Å². The van der Waals surface area contributed by atoms with Crippen molar-refractivity contribution in [2.24, 2.45) is 5.92 Å². The highest BCUT2D eigenvalue weighted by Gasteiger charge is 2.31. The summed E-state index contributed by atoms with van der Waals surface area (Å²) in [6, 6.07) is 0.145. The molecule has 1 amide bonds. The summed E-state index contributed by atoms with van der Waals surface area (Å²) in [5, 5.41) is 3.04. The lowest BCUT2D eigenvalue weighted by Gasteiger charge is -2.19. The van der Waals surface area contributed by atoms with Crippen LogP contribution in [0.3, 0.4) is 0 Å². The highest BCUT2D eigenvalue weighted by Crippen LogP contribution is 2.11. The van der Waals surface area contributed by atoms with E-state index in [0.29, 0.717) is 12.3 Å². The van der Waals surface area contributed by atoms with E-state index in [1.165, 1.54) is 0 Å². The normalized spacial score (nSPS) is 27.3. The quantitative estimate of drug-likeness (QED) is 0.740. The molecule has 4 heteroatoms. The topological polar surface area (TPSA) is 41.6 Å². The molecule has 2 unspecified atom stereocenters. The molecule has 0 aromatic carbocycles. The van der Waals surface area contributed by atoms with Crippen molar-refractivity contribution in [2.75, 3.05) is 27.2 Å². The molecule has 0 bridgehead atoms. The van der Waals surface area contributed by atoms with E-state index in [0.717, 1.165) is 13.1 Å². The number of nitrogens with zero attached hydrogens (tertiary/aromatic N) is 1. The van der Waals surface area contributed by atoms with Crippen LogP contribution in [0.2, 0.25) is 0 Å². The largest absolute Gasteiger partial charge is 0.378 e. The Kier molecular flexibility index (Phi) is 4.54. The van der Waals surface area contributed by atoms with Crippen LogP contribution in [-0.4, -0.2) is 50.2 Å². The minimum atomic E-state index is 0.131. The molecule has 0 radical (unpaired) electrons. The summed E-state index contributed by atoms with van der Waals surface area (Å²) in [6.07, 6.45) is 0.725. The molecule has 1 saturated heterocycles. The van der Waals surface area contributed by atoms with E-state index < -0.39 is 0 Å². The van der Waals surface area contributed by atoms with Gasteiger partial charge in [-0.05, 0) is 13.0 Å². The SMILES string of the molecule is COC1CN(C)CC1NC(=O)CC(C)C. The molecule has 1 rings (SSSR count). The predicted octanol–water partition coefficient (Wildman–Crippen LogP) is 0.478. The molecule has 15 heavy (non-hydrogen) atoms. The smallest absolute Gasteiger partial charge is 0.220 e. The zero-order valence-corrected chi connectivity index (χ0v) is 10.1. The van der Waals surface area contributed by atoms with Gasteiger partial charge in [-0.15, -0.1) is 0 Å². The highest BCUT2D eigenvalue weighted by atomic mass is 16.5. The van der Waals surface area contributed by atoms with Gasteiger partial charge in [0.05, 0.1) is 12.1 Å². The van der Waals surface area contributed by atoms with Crippen LogP contribution in [0.4, 0.5) is 0 Å². The Labute approximate surface area is 92.0 Å². The first kappa shape index (κ1) is 12.5. The zero-order valence-electron chi connectivity index (χ0n) is 10.1. The molecular formula is C11H22N2O2. The second-order valence-corrected chi connectivity index (χ2v) is 4.77. The van der Waals surface area contributed by atoms with E-state index in [2.05, 4.69) is 10.2 Å². The third-order valence-electron chi connectivity index (χ3n) is 2.69. The summed E-state index contributed by atoms with van der Waals surface area (Å²) < 4.78 is 5.34. The second kappa shape index (κ2) is 5.47. The van der Waals surface area contributed by atoms with E-state index >= 15 is 0 Å². The number of methoxy groups -OCH3 is 1. The number of nitrogens with one attached hydrogen (secondary N) is 1. The van der Waals surface area contributed by atoms with E-state index in [4.69, 9.17) is 4.74 Å². The lowest BCUT2D eigenvalue weighted by atomic mass is 10.1. The summed E-state index contributed by atoms with van der Waals surface area (Å²) in [5.74, 6) is 0.539. The Morgan fingerprint density at radius 2 is 2.20 bits per heavy atom. The van der Waals surface area contributed by atoms with Crippen molar-refractivity contribution in [1.29, 1.82) is 0 Å². The van der Waals surface area contributed by atoms with Crippen molar-refractivity contribution in [3.05, 3.63) is 0 Å².